The molecule has 2 aromatic carbocycles. The summed E-state index contributed by atoms with van der Waals surface area (Å²) < 4.78 is 5.92. The predicted molar refractivity (Wildman–Crippen MR) is 79.1 cm³/mol. The van der Waals surface area contributed by atoms with Crippen LogP contribution < -0.4 is 16.2 Å². The number of para-hydroxylation sites is 1. The minimum atomic E-state index is 0.622. The second kappa shape index (κ2) is 4.07. The Kier molecular flexibility index (Phi) is 2.61. The minimum Gasteiger partial charge on any atom is -0.452 e. The maximum absolute atomic E-state index is 6.43. The molecule has 0 aromatic heterocycles. The van der Waals surface area contributed by atoms with Gasteiger partial charge in [-0.2, -0.15) is 0 Å². The number of nitrogens with two attached hydrogens (primary N) is 2. The molecular weight excluding hydrogens is 260 g/mol. The van der Waals surface area contributed by atoms with E-state index in [0.29, 0.717) is 29.3 Å². The van der Waals surface area contributed by atoms with Gasteiger partial charge in [-0.1, -0.05) is 23.7 Å². The lowest BCUT2D eigenvalue weighted by Crippen LogP contribution is -2.10. The Hall–Kier alpha value is -1.87. The van der Waals surface area contributed by atoms with Gasteiger partial charge in [-0.25, -0.2) is 0 Å². The van der Waals surface area contributed by atoms with Gasteiger partial charge < -0.3 is 16.2 Å². The average molecular weight is 275 g/mol. The third-order valence-electron chi connectivity index (χ3n) is 3.78. The van der Waals surface area contributed by atoms with Gasteiger partial charge >= 0.3 is 0 Å². The smallest absolute Gasteiger partial charge is 0.155 e. The van der Waals surface area contributed by atoms with E-state index in [4.69, 9.17) is 27.8 Å². The Balaban J connectivity index is 2.26. The van der Waals surface area contributed by atoms with Crippen molar-refractivity contribution < 1.29 is 4.74 Å². The Morgan fingerprint density at radius 3 is 2.58 bits per heavy atom. The zero-order chi connectivity index (χ0) is 13.7. The highest BCUT2D eigenvalue weighted by Crippen LogP contribution is 2.47. The monoisotopic (exact) mass is 274 g/mol. The number of hydrogen-bond acceptors (Lipinski definition) is 3. The third kappa shape index (κ3) is 1.65. The van der Waals surface area contributed by atoms with Crippen LogP contribution in [0.4, 0.5) is 11.4 Å². The zero-order valence-electron chi connectivity index (χ0n) is 10.9. The fourth-order valence-electron chi connectivity index (χ4n) is 2.46. The topological polar surface area (TPSA) is 61.3 Å². The molecule has 1 aliphatic heterocycles. The van der Waals surface area contributed by atoms with Crippen LogP contribution in [0, 0.1) is 13.8 Å². The summed E-state index contributed by atoms with van der Waals surface area (Å²) >= 11 is 6.43. The second-order valence-electron chi connectivity index (χ2n) is 4.90. The molecule has 0 spiro atoms. The summed E-state index contributed by atoms with van der Waals surface area (Å²) in [5.41, 5.74) is 17.3. The van der Waals surface area contributed by atoms with E-state index in [1.807, 2.05) is 32.0 Å². The number of nitrogen functional groups attached to an aromatic ring is 2. The molecule has 2 aromatic rings. The summed E-state index contributed by atoms with van der Waals surface area (Å²) in [6.45, 7) is 3.92. The molecule has 0 radical (unpaired) electrons. The van der Waals surface area contributed by atoms with Crippen LogP contribution in [0.25, 0.3) is 0 Å². The average Bonchev–Trinajstić information content (AvgIpc) is 2.42. The molecule has 3 nitrogen and oxygen atoms in total. The highest BCUT2D eigenvalue weighted by Gasteiger charge is 2.25. The van der Waals surface area contributed by atoms with Crippen molar-refractivity contribution in [1.29, 1.82) is 0 Å². The first kappa shape index (κ1) is 12.2. The highest BCUT2D eigenvalue weighted by atomic mass is 35.5. The maximum atomic E-state index is 6.43. The van der Waals surface area contributed by atoms with Crippen LogP contribution in [-0.4, -0.2) is 0 Å². The van der Waals surface area contributed by atoms with E-state index in [1.54, 1.807) is 0 Å². The molecule has 0 fully saturated rings. The summed E-state index contributed by atoms with van der Waals surface area (Å²) in [7, 11) is 0. The summed E-state index contributed by atoms with van der Waals surface area (Å²) in [5, 5.41) is 0.731. The second-order valence-corrected chi connectivity index (χ2v) is 5.28. The Morgan fingerprint density at radius 2 is 1.84 bits per heavy atom. The lowest BCUT2D eigenvalue weighted by Gasteiger charge is -2.25. The van der Waals surface area contributed by atoms with E-state index < -0.39 is 0 Å². The number of halogens is 1. The first-order chi connectivity index (χ1) is 9.00. The molecular formula is C15H15ClN2O. The van der Waals surface area contributed by atoms with Gasteiger partial charge in [0.25, 0.3) is 0 Å². The van der Waals surface area contributed by atoms with E-state index in [0.717, 1.165) is 27.3 Å². The summed E-state index contributed by atoms with van der Waals surface area (Å²) in [5.74, 6) is 1.35. The van der Waals surface area contributed by atoms with Gasteiger partial charge in [0.05, 0.1) is 16.4 Å². The predicted octanol–water partition coefficient (Wildman–Crippen LogP) is 3.82. The normalized spacial score (nSPS) is 12.6. The lowest BCUT2D eigenvalue weighted by atomic mass is 9.94. The van der Waals surface area contributed by atoms with E-state index in [1.165, 1.54) is 0 Å². The summed E-state index contributed by atoms with van der Waals surface area (Å²) in [6.07, 6.45) is 0.694. The standard InChI is InChI=1S/C15H15ClN2O/c1-7-8(2)13(18)15-10(12(7)16)6-9-4-3-5-11(17)14(9)19-15/h3-5H,6,17-18H2,1-2H3. The maximum Gasteiger partial charge on any atom is 0.155 e. The number of rotatable bonds is 0. The van der Waals surface area contributed by atoms with Crippen molar-refractivity contribution in [2.75, 3.05) is 11.5 Å². The quantitative estimate of drug-likeness (QED) is 0.613. The van der Waals surface area contributed by atoms with Crippen LogP contribution in [0.2, 0.25) is 5.02 Å². The van der Waals surface area contributed by atoms with Crippen LogP contribution in [0.15, 0.2) is 18.2 Å². The highest BCUT2D eigenvalue weighted by molar-refractivity contribution is 6.32. The molecule has 19 heavy (non-hydrogen) atoms. The summed E-state index contributed by atoms with van der Waals surface area (Å²) in [6, 6.07) is 5.74. The van der Waals surface area contributed by atoms with Crippen LogP contribution in [0.1, 0.15) is 22.3 Å². The van der Waals surface area contributed by atoms with E-state index in [-0.39, 0.29) is 0 Å². The number of hydrogen-bond donors (Lipinski definition) is 2. The molecule has 1 heterocycles. The SMILES string of the molecule is Cc1c(C)c(Cl)c2c(c1N)Oc1c(N)cccc1C2. The molecule has 3 rings (SSSR count). The van der Waals surface area contributed by atoms with Gasteiger partial charge in [0.15, 0.2) is 11.5 Å². The number of anilines is 2. The van der Waals surface area contributed by atoms with E-state index >= 15 is 0 Å². The fraction of sp³-hybridized carbons (Fsp3) is 0.200. The van der Waals surface area contributed by atoms with Crippen molar-refractivity contribution >= 4 is 23.0 Å². The Labute approximate surface area is 117 Å². The third-order valence-corrected chi connectivity index (χ3v) is 4.29. The number of fused-ring (bicyclic) bond motifs is 2. The van der Waals surface area contributed by atoms with Crippen LogP contribution in [-0.2, 0) is 6.42 Å². The number of benzene rings is 2. The fourth-order valence-corrected chi connectivity index (χ4v) is 2.76. The molecule has 0 aliphatic carbocycles. The van der Waals surface area contributed by atoms with Crippen LogP contribution in [0.3, 0.4) is 0 Å². The molecule has 0 saturated carbocycles. The first-order valence-corrected chi connectivity index (χ1v) is 6.50. The molecule has 4 heteroatoms. The van der Waals surface area contributed by atoms with Crippen molar-refractivity contribution in [2.24, 2.45) is 0 Å². The Morgan fingerprint density at radius 1 is 1.11 bits per heavy atom. The summed E-state index contributed by atoms with van der Waals surface area (Å²) in [4.78, 5) is 0. The van der Waals surface area contributed by atoms with Crippen molar-refractivity contribution in [3.63, 3.8) is 0 Å². The van der Waals surface area contributed by atoms with Gasteiger partial charge in [-0.3, -0.25) is 0 Å². The molecule has 0 unspecified atom stereocenters. The first-order valence-electron chi connectivity index (χ1n) is 6.13. The zero-order valence-corrected chi connectivity index (χ0v) is 11.6. The molecule has 0 bridgehead atoms. The van der Waals surface area contributed by atoms with Gasteiger partial charge in [0.2, 0.25) is 0 Å². The van der Waals surface area contributed by atoms with Crippen LogP contribution >= 0.6 is 11.6 Å². The van der Waals surface area contributed by atoms with Gasteiger partial charge in [0, 0.05) is 17.5 Å². The molecule has 1 aliphatic rings. The van der Waals surface area contributed by atoms with Gasteiger partial charge in [0.1, 0.15) is 0 Å². The van der Waals surface area contributed by atoms with E-state index in [9.17, 15) is 0 Å². The van der Waals surface area contributed by atoms with Crippen molar-refractivity contribution in [2.45, 2.75) is 20.3 Å². The van der Waals surface area contributed by atoms with Crippen molar-refractivity contribution in [1.82, 2.24) is 0 Å². The van der Waals surface area contributed by atoms with Gasteiger partial charge in [-0.05, 0) is 31.0 Å². The Bertz CT molecular complexity index is 695. The van der Waals surface area contributed by atoms with Gasteiger partial charge in [-0.15, -0.1) is 0 Å². The molecule has 0 saturated heterocycles. The van der Waals surface area contributed by atoms with E-state index in [2.05, 4.69) is 0 Å². The largest absolute Gasteiger partial charge is 0.452 e. The molecule has 98 valence electrons. The van der Waals surface area contributed by atoms with Crippen molar-refractivity contribution in [3.05, 3.63) is 45.5 Å². The molecule has 0 amide bonds. The number of ether oxygens (including phenoxy) is 1. The molecule has 4 N–H and O–H groups in total. The van der Waals surface area contributed by atoms with Crippen LogP contribution in [0.5, 0.6) is 11.5 Å². The minimum absolute atomic E-state index is 0.622. The molecule has 0 atom stereocenters. The lowest BCUT2D eigenvalue weighted by molar-refractivity contribution is 0.464. The van der Waals surface area contributed by atoms with Crippen molar-refractivity contribution in [3.8, 4) is 11.5 Å².